The predicted octanol–water partition coefficient (Wildman–Crippen LogP) is 3.55. The molecule has 0 saturated carbocycles. The Hall–Kier alpha value is -3.24. The number of anilines is 1. The third-order valence-corrected chi connectivity index (χ3v) is 6.67. The third kappa shape index (κ3) is 4.36. The molecular formula is C23H22F2N4O3S. The van der Waals surface area contributed by atoms with Crippen LogP contribution in [0, 0.1) is 11.6 Å². The summed E-state index contributed by atoms with van der Waals surface area (Å²) >= 11 is 0.983. The summed E-state index contributed by atoms with van der Waals surface area (Å²) in [4.78, 5) is 47.3. The maximum absolute atomic E-state index is 14.2. The van der Waals surface area contributed by atoms with E-state index in [1.54, 1.807) is 24.3 Å². The van der Waals surface area contributed by atoms with Crippen molar-refractivity contribution in [1.29, 1.82) is 0 Å². The number of fused-ring (bicyclic) bond motifs is 2. The van der Waals surface area contributed by atoms with Crippen LogP contribution in [-0.4, -0.2) is 65.2 Å². The highest BCUT2D eigenvalue weighted by Crippen LogP contribution is 2.32. The van der Waals surface area contributed by atoms with Crippen LogP contribution in [0.2, 0.25) is 0 Å². The fourth-order valence-electron chi connectivity index (χ4n) is 3.77. The molecule has 2 aromatic carbocycles. The zero-order valence-corrected chi connectivity index (χ0v) is 19.0. The maximum Gasteiger partial charge on any atom is 0.262 e. The second-order valence-electron chi connectivity index (χ2n) is 7.55. The number of thiazole rings is 1. The van der Waals surface area contributed by atoms with Gasteiger partial charge in [0, 0.05) is 19.2 Å². The molecule has 7 nitrogen and oxygen atoms in total. The van der Waals surface area contributed by atoms with Crippen LogP contribution >= 0.6 is 11.3 Å². The largest absolute Gasteiger partial charge is 0.302 e. The summed E-state index contributed by atoms with van der Waals surface area (Å²) in [7, 11) is 0. The summed E-state index contributed by atoms with van der Waals surface area (Å²) < 4.78 is 28.2. The van der Waals surface area contributed by atoms with Gasteiger partial charge in [0.25, 0.3) is 11.8 Å². The first-order chi connectivity index (χ1) is 15.8. The molecule has 0 spiro atoms. The van der Waals surface area contributed by atoms with Gasteiger partial charge in [0.05, 0.1) is 15.8 Å². The summed E-state index contributed by atoms with van der Waals surface area (Å²) in [6, 6.07) is 8.30. The van der Waals surface area contributed by atoms with Crippen LogP contribution in [0.4, 0.5) is 13.9 Å². The number of rotatable bonds is 8. The smallest absolute Gasteiger partial charge is 0.262 e. The van der Waals surface area contributed by atoms with Crippen molar-refractivity contribution in [3.8, 4) is 0 Å². The van der Waals surface area contributed by atoms with E-state index in [0.717, 1.165) is 41.5 Å². The van der Waals surface area contributed by atoms with Gasteiger partial charge in [-0.15, -0.1) is 0 Å². The predicted molar refractivity (Wildman–Crippen MR) is 121 cm³/mol. The van der Waals surface area contributed by atoms with Crippen molar-refractivity contribution in [2.45, 2.75) is 13.8 Å². The first-order valence-electron chi connectivity index (χ1n) is 10.6. The van der Waals surface area contributed by atoms with Gasteiger partial charge >= 0.3 is 0 Å². The highest BCUT2D eigenvalue weighted by molar-refractivity contribution is 7.22. The minimum absolute atomic E-state index is 0.0298. The molecule has 0 aliphatic carbocycles. The van der Waals surface area contributed by atoms with Gasteiger partial charge in [-0.3, -0.25) is 24.2 Å². The SMILES string of the molecule is CCN(CC)CCN(C(=O)CN1C(=O)c2ccccc2C1=O)c1nc2c(F)cc(F)cc2s1. The molecule has 0 atom stereocenters. The van der Waals surface area contributed by atoms with Gasteiger partial charge in [-0.05, 0) is 31.3 Å². The summed E-state index contributed by atoms with van der Waals surface area (Å²) in [6.45, 7) is 5.75. The van der Waals surface area contributed by atoms with E-state index in [4.69, 9.17) is 0 Å². The van der Waals surface area contributed by atoms with E-state index in [1.165, 1.54) is 4.90 Å². The summed E-state index contributed by atoms with van der Waals surface area (Å²) in [5.74, 6) is -3.15. The van der Waals surface area contributed by atoms with Crippen LogP contribution in [0.3, 0.4) is 0 Å². The number of hydrogen-bond donors (Lipinski definition) is 0. The Balaban J connectivity index is 1.64. The van der Waals surface area contributed by atoms with Gasteiger partial charge in [-0.25, -0.2) is 13.8 Å². The summed E-state index contributed by atoms with van der Waals surface area (Å²) in [5.41, 5.74) is 0.475. The zero-order chi connectivity index (χ0) is 23.7. The van der Waals surface area contributed by atoms with Crippen LogP contribution in [0.15, 0.2) is 36.4 Å². The minimum Gasteiger partial charge on any atom is -0.302 e. The molecule has 1 aliphatic heterocycles. The lowest BCUT2D eigenvalue weighted by molar-refractivity contribution is -0.119. The topological polar surface area (TPSA) is 73.8 Å². The average molecular weight is 473 g/mol. The number of likely N-dealkylation sites (N-methyl/N-ethyl adjacent to an activating group) is 1. The Morgan fingerprint density at radius 1 is 1.03 bits per heavy atom. The maximum atomic E-state index is 14.2. The lowest BCUT2D eigenvalue weighted by Gasteiger charge is -2.26. The van der Waals surface area contributed by atoms with Gasteiger partial charge in [0.15, 0.2) is 10.9 Å². The van der Waals surface area contributed by atoms with Gasteiger partial charge in [-0.2, -0.15) is 0 Å². The van der Waals surface area contributed by atoms with Gasteiger partial charge < -0.3 is 4.90 Å². The van der Waals surface area contributed by atoms with E-state index < -0.39 is 35.9 Å². The van der Waals surface area contributed by atoms with Crippen LogP contribution < -0.4 is 4.90 Å². The molecule has 3 aromatic rings. The number of halogens is 2. The third-order valence-electron chi connectivity index (χ3n) is 5.64. The Bertz CT molecular complexity index is 1210. The lowest BCUT2D eigenvalue weighted by atomic mass is 10.1. The number of amides is 3. The Morgan fingerprint density at radius 2 is 1.67 bits per heavy atom. The fourth-order valence-corrected chi connectivity index (χ4v) is 4.82. The number of benzene rings is 2. The molecule has 0 unspecified atom stereocenters. The van der Waals surface area contributed by atoms with Crippen molar-refractivity contribution in [2.75, 3.05) is 37.6 Å². The van der Waals surface area contributed by atoms with E-state index in [0.29, 0.717) is 6.54 Å². The number of nitrogens with zero attached hydrogens (tertiary/aromatic N) is 4. The highest BCUT2D eigenvalue weighted by Gasteiger charge is 2.37. The first kappa shape index (κ1) is 22.9. The molecular weight excluding hydrogens is 450 g/mol. The minimum atomic E-state index is -0.816. The van der Waals surface area contributed by atoms with E-state index in [9.17, 15) is 23.2 Å². The number of carbonyl (C=O) groups is 3. The molecule has 33 heavy (non-hydrogen) atoms. The molecule has 2 heterocycles. The molecule has 1 aliphatic rings. The Kier molecular flexibility index (Phi) is 6.48. The van der Waals surface area contributed by atoms with Gasteiger partial charge in [0.2, 0.25) is 5.91 Å². The van der Waals surface area contributed by atoms with E-state index in [1.807, 2.05) is 13.8 Å². The molecule has 0 radical (unpaired) electrons. The quantitative estimate of drug-likeness (QED) is 0.469. The number of hydrogen-bond acceptors (Lipinski definition) is 6. The van der Waals surface area contributed by atoms with Crippen LogP contribution in [0.5, 0.6) is 0 Å². The molecule has 3 amide bonds. The van der Waals surface area contributed by atoms with Crippen molar-refractivity contribution >= 4 is 44.4 Å². The lowest BCUT2D eigenvalue weighted by Crippen LogP contribution is -2.45. The molecule has 0 bridgehead atoms. The first-order valence-corrected chi connectivity index (χ1v) is 11.4. The number of aromatic nitrogens is 1. The molecule has 0 fully saturated rings. The molecule has 1 aromatic heterocycles. The van der Waals surface area contributed by atoms with E-state index >= 15 is 0 Å². The standard InChI is InChI=1S/C23H22F2N4O3S/c1-3-27(4-2)9-10-28(23-26-20-17(25)11-14(24)12-18(20)33-23)19(30)13-29-21(31)15-7-5-6-8-16(15)22(29)32/h5-8,11-12H,3-4,9-10,13H2,1-2H3. The molecule has 10 heteroatoms. The van der Waals surface area contributed by atoms with E-state index in [2.05, 4.69) is 9.88 Å². The number of imide groups is 1. The Labute approximate surface area is 193 Å². The zero-order valence-electron chi connectivity index (χ0n) is 18.2. The molecule has 0 N–H and O–H groups in total. The number of carbonyl (C=O) groups excluding carboxylic acids is 3. The van der Waals surface area contributed by atoms with Crippen molar-refractivity contribution in [3.05, 3.63) is 59.2 Å². The fraction of sp³-hybridized carbons (Fsp3) is 0.304. The summed E-state index contributed by atoms with van der Waals surface area (Å²) in [5, 5.41) is 0.184. The van der Waals surface area contributed by atoms with Crippen molar-refractivity contribution in [2.24, 2.45) is 0 Å². The van der Waals surface area contributed by atoms with Crippen LogP contribution in [0.1, 0.15) is 34.6 Å². The van der Waals surface area contributed by atoms with E-state index in [-0.39, 0.29) is 33.0 Å². The van der Waals surface area contributed by atoms with Gasteiger partial charge in [0.1, 0.15) is 17.9 Å². The van der Waals surface area contributed by atoms with Crippen molar-refractivity contribution in [3.63, 3.8) is 0 Å². The highest BCUT2D eigenvalue weighted by atomic mass is 32.1. The molecule has 4 rings (SSSR count). The van der Waals surface area contributed by atoms with Crippen molar-refractivity contribution in [1.82, 2.24) is 14.8 Å². The molecule has 0 saturated heterocycles. The van der Waals surface area contributed by atoms with Crippen molar-refractivity contribution < 1.29 is 23.2 Å². The second kappa shape index (κ2) is 9.32. The van der Waals surface area contributed by atoms with Crippen LogP contribution in [-0.2, 0) is 4.79 Å². The monoisotopic (exact) mass is 472 g/mol. The summed E-state index contributed by atoms with van der Waals surface area (Å²) in [6.07, 6.45) is 0. The Morgan fingerprint density at radius 3 is 2.27 bits per heavy atom. The average Bonchev–Trinajstić information content (AvgIpc) is 3.32. The molecule has 172 valence electrons. The normalized spacial score (nSPS) is 13.3. The second-order valence-corrected chi connectivity index (χ2v) is 8.55. The van der Waals surface area contributed by atoms with Gasteiger partial charge in [-0.1, -0.05) is 37.3 Å². The van der Waals surface area contributed by atoms with Crippen LogP contribution in [0.25, 0.3) is 10.2 Å².